The predicted octanol–water partition coefficient (Wildman–Crippen LogP) is 3.57. The fourth-order valence-electron chi connectivity index (χ4n) is 3.48. The van der Waals surface area contributed by atoms with Gasteiger partial charge >= 0.3 is 5.97 Å². The van der Waals surface area contributed by atoms with E-state index in [-0.39, 0.29) is 30.5 Å². The van der Waals surface area contributed by atoms with E-state index in [1.165, 1.54) is 6.07 Å². The van der Waals surface area contributed by atoms with E-state index in [2.05, 4.69) is 5.32 Å². The van der Waals surface area contributed by atoms with Gasteiger partial charge in [0.1, 0.15) is 0 Å². The van der Waals surface area contributed by atoms with Crippen LogP contribution in [0.1, 0.15) is 47.2 Å². The number of rotatable bonds is 8. The summed E-state index contributed by atoms with van der Waals surface area (Å²) in [5.41, 5.74) is 1.47. The Kier molecular flexibility index (Phi) is 6.53. The second kappa shape index (κ2) is 9.26. The summed E-state index contributed by atoms with van der Waals surface area (Å²) in [5, 5.41) is 12.1. The van der Waals surface area contributed by atoms with Crippen molar-refractivity contribution in [2.45, 2.75) is 44.8 Å². The number of methoxy groups -OCH3 is 1. The Morgan fingerprint density at radius 2 is 1.79 bits per heavy atom. The third-order valence-electron chi connectivity index (χ3n) is 4.94. The van der Waals surface area contributed by atoms with Crippen molar-refractivity contribution >= 4 is 11.9 Å². The summed E-state index contributed by atoms with van der Waals surface area (Å²) >= 11 is 0. The number of nitrogens with one attached hydrogen (secondary N) is 1. The highest BCUT2D eigenvalue weighted by Crippen LogP contribution is 2.34. The molecule has 0 atom stereocenters. The SMILES string of the molecule is COc1cccc(CNC(=O)Cc2ccccc2C(=O)O)c1OC1CCCC1. The Morgan fingerprint density at radius 3 is 2.50 bits per heavy atom. The van der Waals surface area contributed by atoms with Gasteiger partial charge in [-0.15, -0.1) is 0 Å². The molecular formula is C22H25NO5. The van der Waals surface area contributed by atoms with Crippen LogP contribution in [0.2, 0.25) is 0 Å². The molecule has 3 rings (SSSR count). The van der Waals surface area contributed by atoms with Crippen molar-refractivity contribution in [3.05, 3.63) is 59.2 Å². The normalized spacial score (nSPS) is 13.9. The highest BCUT2D eigenvalue weighted by Gasteiger charge is 2.21. The first-order valence-corrected chi connectivity index (χ1v) is 9.49. The highest BCUT2D eigenvalue weighted by molar-refractivity contribution is 5.91. The first-order chi connectivity index (χ1) is 13.6. The second-order valence-corrected chi connectivity index (χ2v) is 6.89. The molecular weight excluding hydrogens is 358 g/mol. The van der Waals surface area contributed by atoms with Gasteiger partial charge in [-0.2, -0.15) is 0 Å². The molecule has 0 bridgehead atoms. The average molecular weight is 383 g/mol. The molecule has 0 saturated heterocycles. The molecule has 2 aromatic carbocycles. The van der Waals surface area contributed by atoms with Crippen LogP contribution in [0.15, 0.2) is 42.5 Å². The van der Waals surface area contributed by atoms with Crippen LogP contribution in [-0.2, 0) is 17.8 Å². The molecule has 0 aromatic heterocycles. The summed E-state index contributed by atoms with van der Waals surface area (Å²) in [5.74, 6) is 0.0322. The number of amides is 1. The van der Waals surface area contributed by atoms with E-state index in [1.54, 1.807) is 25.3 Å². The Bertz CT molecular complexity index is 843. The summed E-state index contributed by atoms with van der Waals surface area (Å²) in [4.78, 5) is 23.7. The minimum Gasteiger partial charge on any atom is -0.493 e. The van der Waals surface area contributed by atoms with Gasteiger partial charge in [0, 0.05) is 12.1 Å². The lowest BCUT2D eigenvalue weighted by Crippen LogP contribution is -2.26. The molecule has 1 saturated carbocycles. The number of carboxylic acid groups (broad SMARTS) is 1. The number of carbonyl (C=O) groups is 2. The summed E-state index contributed by atoms with van der Waals surface area (Å²) in [6.45, 7) is 0.285. The minimum atomic E-state index is -1.04. The van der Waals surface area contributed by atoms with Gasteiger partial charge in [0.15, 0.2) is 11.5 Å². The van der Waals surface area contributed by atoms with E-state index in [0.29, 0.717) is 17.1 Å². The maximum absolute atomic E-state index is 12.4. The van der Waals surface area contributed by atoms with Crippen molar-refractivity contribution < 1.29 is 24.2 Å². The number of ether oxygens (including phenoxy) is 2. The molecule has 0 heterocycles. The van der Waals surface area contributed by atoms with Gasteiger partial charge in [-0.3, -0.25) is 4.79 Å². The molecule has 6 heteroatoms. The molecule has 0 unspecified atom stereocenters. The van der Waals surface area contributed by atoms with Crippen LogP contribution in [0.25, 0.3) is 0 Å². The summed E-state index contributed by atoms with van der Waals surface area (Å²) < 4.78 is 11.6. The zero-order valence-corrected chi connectivity index (χ0v) is 15.9. The highest BCUT2D eigenvalue weighted by atomic mass is 16.5. The molecule has 0 radical (unpaired) electrons. The van der Waals surface area contributed by atoms with E-state index in [0.717, 1.165) is 31.2 Å². The number of carboxylic acids is 1. The van der Waals surface area contributed by atoms with Crippen molar-refractivity contribution in [3.63, 3.8) is 0 Å². The Morgan fingerprint density at radius 1 is 1.07 bits per heavy atom. The molecule has 1 aliphatic rings. The Labute approximate surface area is 164 Å². The zero-order chi connectivity index (χ0) is 19.9. The lowest BCUT2D eigenvalue weighted by molar-refractivity contribution is -0.120. The largest absolute Gasteiger partial charge is 0.493 e. The molecule has 1 fully saturated rings. The van der Waals surface area contributed by atoms with Crippen molar-refractivity contribution in [1.29, 1.82) is 0 Å². The number of hydrogen-bond donors (Lipinski definition) is 2. The van der Waals surface area contributed by atoms with E-state index in [9.17, 15) is 14.7 Å². The molecule has 0 spiro atoms. The molecule has 6 nitrogen and oxygen atoms in total. The van der Waals surface area contributed by atoms with Crippen LogP contribution in [0.5, 0.6) is 11.5 Å². The molecule has 1 amide bonds. The summed E-state index contributed by atoms with van der Waals surface area (Å²) in [6.07, 6.45) is 4.55. The first-order valence-electron chi connectivity index (χ1n) is 9.49. The van der Waals surface area contributed by atoms with E-state index in [4.69, 9.17) is 9.47 Å². The fourth-order valence-corrected chi connectivity index (χ4v) is 3.48. The van der Waals surface area contributed by atoms with Gasteiger partial charge in [0.05, 0.1) is 25.2 Å². The monoisotopic (exact) mass is 383 g/mol. The molecule has 2 N–H and O–H groups in total. The molecule has 0 aliphatic heterocycles. The van der Waals surface area contributed by atoms with Gasteiger partial charge < -0.3 is 19.9 Å². The van der Waals surface area contributed by atoms with Crippen LogP contribution >= 0.6 is 0 Å². The van der Waals surface area contributed by atoms with Crippen molar-refractivity contribution in [3.8, 4) is 11.5 Å². The van der Waals surface area contributed by atoms with E-state index < -0.39 is 5.97 Å². The van der Waals surface area contributed by atoms with Crippen LogP contribution in [0, 0.1) is 0 Å². The van der Waals surface area contributed by atoms with Gasteiger partial charge in [-0.1, -0.05) is 30.3 Å². The summed E-state index contributed by atoms with van der Waals surface area (Å²) in [6, 6.07) is 12.1. The number of carbonyl (C=O) groups excluding carboxylic acids is 1. The Balaban J connectivity index is 1.68. The van der Waals surface area contributed by atoms with Crippen LogP contribution in [0.3, 0.4) is 0 Å². The smallest absolute Gasteiger partial charge is 0.335 e. The van der Waals surface area contributed by atoms with Crippen LogP contribution in [-0.4, -0.2) is 30.2 Å². The Hall–Kier alpha value is -3.02. The van der Waals surface area contributed by atoms with Crippen molar-refractivity contribution in [2.75, 3.05) is 7.11 Å². The van der Waals surface area contributed by atoms with Crippen LogP contribution < -0.4 is 14.8 Å². The second-order valence-electron chi connectivity index (χ2n) is 6.89. The van der Waals surface area contributed by atoms with E-state index in [1.807, 2.05) is 18.2 Å². The maximum atomic E-state index is 12.4. The lowest BCUT2D eigenvalue weighted by atomic mass is 10.0. The molecule has 2 aromatic rings. The number of para-hydroxylation sites is 1. The van der Waals surface area contributed by atoms with Gasteiger partial charge in [-0.25, -0.2) is 4.79 Å². The first kappa shape index (κ1) is 19.7. The molecule has 28 heavy (non-hydrogen) atoms. The van der Waals surface area contributed by atoms with Gasteiger partial charge in [-0.05, 0) is 43.4 Å². The van der Waals surface area contributed by atoms with Gasteiger partial charge in [0.25, 0.3) is 0 Å². The van der Waals surface area contributed by atoms with Crippen molar-refractivity contribution in [2.24, 2.45) is 0 Å². The average Bonchev–Trinajstić information content (AvgIpc) is 3.20. The quantitative estimate of drug-likeness (QED) is 0.728. The fraction of sp³-hybridized carbons (Fsp3) is 0.364. The number of benzene rings is 2. The zero-order valence-electron chi connectivity index (χ0n) is 15.9. The minimum absolute atomic E-state index is 0.00522. The third kappa shape index (κ3) is 4.82. The topological polar surface area (TPSA) is 84.9 Å². The van der Waals surface area contributed by atoms with Crippen molar-refractivity contribution in [1.82, 2.24) is 5.32 Å². The third-order valence-corrected chi connectivity index (χ3v) is 4.94. The molecule has 148 valence electrons. The lowest BCUT2D eigenvalue weighted by Gasteiger charge is -2.19. The maximum Gasteiger partial charge on any atom is 0.335 e. The van der Waals surface area contributed by atoms with Crippen LogP contribution in [0.4, 0.5) is 0 Å². The van der Waals surface area contributed by atoms with Gasteiger partial charge in [0.2, 0.25) is 5.91 Å². The summed E-state index contributed by atoms with van der Waals surface area (Å²) in [7, 11) is 1.60. The molecule has 1 aliphatic carbocycles. The van der Waals surface area contributed by atoms with E-state index >= 15 is 0 Å². The number of aromatic carboxylic acids is 1. The predicted molar refractivity (Wildman–Crippen MR) is 105 cm³/mol. The standard InChI is InChI=1S/C22H25NO5/c1-27-19-12-6-8-16(21(19)28-17-9-3-4-10-17)14-23-20(24)13-15-7-2-5-11-18(15)22(25)26/h2,5-8,11-12,17H,3-4,9-10,13-14H2,1H3,(H,23,24)(H,25,26). The number of hydrogen-bond acceptors (Lipinski definition) is 4.